The first kappa shape index (κ1) is 21.4. The van der Waals surface area contributed by atoms with Gasteiger partial charge in [-0.2, -0.15) is 0 Å². The first-order chi connectivity index (χ1) is 13.8. The van der Waals surface area contributed by atoms with Gasteiger partial charge in [0.1, 0.15) is 11.8 Å². The van der Waals surface area contributed by atoms with E-state index >= 15 is 0 Å². The number of carboxylic acids is 1. The molecule has 2 rings (SSSR count). The zero-order chi connectivity index (χ0) is 21.4. The Balaban J connectivity index is 2.04. The van der Waals surface area contributed by atoms with Crippen LogP contribution in [-0.4, -0.2) is 47.5 Å². The molecule has 0 fully saturated rings. The van der Waals surface area contributed by atoms with Gasteiger partial charge in [-0.25, -0.2) is 4.79 Å². The van der Waals surface area contributed by atoms with E-state index in [1.165, 1.54) is 25.3 Å². The summed E-state index contributed by atoms with van der Waals surface area (Å²) in [6.45, 7) is -0.427. The highest BCUT2D eigenvalue weighted by Gasteiger charge is 2.23. The molecule has 0 aliphatic heterocycles. The SMILES string of the molecule is COc1ccc([N+](=O)[O-])cc1C[C@@H](NC(=O)CNC(=O)c1ccccc1)C(=O)O. The number of nitro benzene ring substituents is 1. The normalized spacial score (nSPS) is 11.2. The van der Waals surface area contributed by atoms with Gasteiger partial charge < -0.3 is 20.5 Å². The molecule has 0 saturated carbocycles. The van der Waals surface area contributed by atoms with Crippen LogP contribution in [0.25, 0.3) is 0 Å². The number of rotatable bonds is 9. The van der Waals surface area contributed by atoms with Crippen molar-refractivity contribution in [3.05, 3.63) is 69.8 Å². The predicted octanol–water partition coefficient (Wildman–Crippen LogP) is 1.15. The third-order valence-corrected chi connectivity index (χ3v) is 3.98. The van der Waals surface area contributed by atoms with Crippen molar-refractivity contribution in [1.29, 1.82) is 0 Å². The van der Waals surface area contributed by atoms with E-state index in [1.54, 1.807) is 30.3 Å². The molecular formula is C19H19N3O7. The molecule has 0 unspecified atom stereocenters. The van der Waals surface area contributed by atoms with Gasteiger partial charge in [-0.1, -0.05) is 18.2 Å². The summed E-state index contributed by atoms with van der Waals surface area (Å²) in [6, 6.07) is 10.6. The quantitative estimate of drug-likeness (QED) is 0.421. The van der Waals surface area contributed by atoms with Crippen molar-refractivity contribution in [1.82, 2.24) is 10.6 Å². The summed E-state index contributed by atoms with van der Waals surface area (Å²) in [6.07, 6.45) is -0.238. The van der Waals surface area contributed by atoms with Crippen molar-refractivity contribution >= 4 is 23.5 Å². The molecule has 152 valence electrons. The predicted molar refractivity (Wildman–Crippen MR) is 102 cm³/mol. The molecule has 10 heteroatoms. The smallest absolute Gasteiger partial charge is 0.326 e. The summed E-state index contributed by atoms with van der Waals surface area (Å²) >= 11 is 0. The van der Waals surface area contributed by atoms with E-state index in [-0.39, 0.29) is 23.4 Å². The molecule has 0 spiro atoms. The zero-order valence-electron chi connectivity index (χ0n) is 15.5. The monoisotopic (exact) mass is 401 g/mol. The minimum Gasteiger partial charge on any atom is -0.496 e. The Morgan fingerprint density at radius 1 is 1.17 bits per heavy atom. The second-order valence-corrected chi connectivity index (χ2v) is 5.96. The van der Waals surface area contributed by atoms with E-state index in [0.29, 0.717) is 5.56 Å². The van der Waals surface area contributed by atoms with Gasteiger partial charge in [0.05, 0.1) is 18.6 Å². The molecule has 1 atom stereocenters. The van der Waals surface area contributed by atoms with E-state index in [1.807, 2.05) is 0 Å². The molecule has 0 saturated heterocycles. The molecule has 0 bridgehead atoms. The van der Waals surface area contributed by atoms with Crippen LogP contribution in [0.1, 0.15) is 15.9 Å². The summed E-state index contributed by atoms with van der Waals surface area (Å²) in [4.78, 5) is 45.9. The number of carbonyl (C=O) groups is 3. The van der Waals surface area contributed by atoms with Crippen LogP contribution >= 0.6 is 0 Å². The molecule has 10 nitrogen and oxygen atoms in total. The minimum atomic E-state index is -1.37. The molecule has 2 aromatic carbocycles. The number of nitrogens with one attached hydrogen (secondary N) is 2. The van der Waals surface area contributed by atoms with E-state index in [2.05, 4.69) is 10.6 Å². The molecular weight excluding hydrogens is 382 g/mol. The second kappa shape index (κ2) is 9.83. The zero-order valence-corrected chi connectivity index (χ0v) is 15.5. The number of carboxylic acid groups (broad SMARTS) is 1. The lowest BCUT2D eigenvalue weighted by molar-refractivity contribution is -0.384. The summed E-state index contributed by atoms with van der Waals surface area (Å²) in [7, 11) is 1.35. The number of benzene rings is 2. The first-order valence-corrected chi connectivity index (χ1v) is 8.48. The fraction of sp³-hybridized carbons (Fsp3) is 0.211. The van der Waals surface area contributed by atoms with Crippen LogP contribution in [0, 0.1) is 10.1 Å². The van der Waals surface area contributed by atoms with E-state index in [0.717, 1.165) is 0 Å². The second-order valence-electron chi connectivity index (χ2n) is 5.96. The Morgan fingerprint density at radius 2 is 1.86 bits per heavy atom. The molecule has 0 radical (unpaired) electrons. The van der Waals surface area contributed by atoms with Gasteiger partial charge in [-0.05, 0) is 18.2 Å². The summed E-state index contributed by atoms with van der Waals surface area (Å²) in [5.74, 6) is -2.27. The largest absolute Gasteiger partial charge is 0.496 e. The lowest BCUT2D eigenvalue weighted by Crippen LogP contribution is -2.46. The van der Waals surface area contributed by atoms with Crippen LogP contribution < -0.4 is 15.4 Å². The average Bonchev–Trinajstić information content (AvgIpc) is 2.71. The summed E-state index contributed by atoms with van der Waals surface area (Å²) < 4.78 is 5.11. The van der Waals surface area contributed by atoms with Gasteiger partial charge >= 0.3 is 5.97 Å². The van der Waals surface area contributed by atoms with Crippen molar-refractivity contribution in [2.45, 2.75) is 12.5 Å². The Morgan fingerprint density at radius 3 is 2.45 bits per heavy atom. The minimum absolute atomic E-state index is 0.230. The topological polar surface area (TPSA) is 148 Å². The van der Waals surface area contributed by atoms with Gasteiger partial charge in [0.15, 0.2) is 0 Å². The number of non-ortho nitro benzene ring substituents is 1. The number of amides is 2. The fourth-order valence-electron chi connectivity index (χ4n) is 2.56. The fourth-order valence-corrected chi connectivity index (χ4v) is 2.56. The van der Waals surface area contributed by atoms with Crippen molar-refractivity contribution in [3.8, 4) is 5.75 Å². The van der Waals surface area contributed by atoms with E-state index in [9.17, 15) is 29.6 Å². The van der Waals surface area contributed by atoms with Crippen LogP contribution in [0.3, 0.4) is 0 Å². The van der Waals surface area contributed by atoms with Crippen molar-refractivity contribution in [2.75, 3.05) is 13.7 Å². The summed E-state index contributed by atoms with van der Waals surface area (Å²) in [5.41, 5.74) is 0.380. The van der Waals surface area contributed by atoms with Crippen LogP contribution in [0.15, 0.2) is 48.5 Å². The maximum Gasteiger partial charge on any atom is 0.326 e. The standard InChI is InChI=1S/C19H19N3O7/c1-29-16-8-7-14(22(27)28)9-13(16)10-15(19(25)26)21-17(23)11-20-18(24)12-5-3-2-4-6-12/h2-9,15H,10-11H2,1H3,(H,20,24)(H,21,23)(H,25,26)/t15-/m1/s1. The Bertz CT molecular complexity index is 915. The molecule has 0 heterocycles. The van der Waals surface area contributed by atoms with E-state index < -0.39 is 35.3 Å². The number of nitrogens with zero attached hydrogens (tertiary/aromatic N) is 1. The molecule has 2 amide bonds. The molecule has 3 N–H and O–H groups in total. The number of hydrogen-bond donors (Lipinski definition) is 3. The number of ether oxygens (including phenoxy) is 1. The summed E-state index contributed by atoms with van der Waals surface area (Å²) in [5, 5.41) is 25.0. The molecule has 2 aromatic rings. The average molecular weight is 401 g/mol. The highest BCUT2D eigenvalue weighted by Crippen LogP contribution is 2.25. The lowest BCUT2D eigenvalue weighted by Gasteiger charge is -2.16. The molecule has 0 aliphatic rings. The van der Waals surface area contributed by atoms with Crippen LogP contribution in [0.5, 0.6) is 5.75 Å². The van der Waals surface area contributed by atoms with Gasteiger partial charge in [0.25, 0.3) is 11.6 Å². The van der Waals surface area contributed by atoms with Gasteiger partial charge in [-0.3, -0.25) is 19.7 Å². The van der Waals surface area contributed by atoms with Crippen molar-refractivity contribution in [2.24, 2.45) is 0 Å². The van der Waals surface area contributed by atoms with Crippen molar-refractivity contribution in [3.63, 3.8) is 0 Å². The molecule has 0 aromatic heterocycles. The van der Waals surface area contributed by atoms with Crippen LogP contribution in [0.4, 0.5) is 5.69 Å². The van der Waals surface area contributed by atoms with Gasteiger partial charge in [0, 0.05) is 29.7 Å². The number of aliphatic carboxylic acids is 1. The highest BCUT2D eigenvalue weighted by atomic mass is 16.6. The third-order valence-electron chi connectivity index (χ3n) is 3.98. The number of hydrogen-bond acceptors (Lipinski definition) is 6. The number of carbonyl (C=O) groups excluding carboxylic acids is 2. The molecule has 29 heavy (non-hydrogen) atoms. The van der Waals surface area contributed by atoms with Crippen LogP contribution in [0.2, 0.25) is 0 Å². The highest BCUT2D eigenvalue weighted by molar-refractivity contribution is 5.96. The Hall–Kier alpha value is -3.95. The molecule has 0 aliphatic carbocycles. The van der Waals surface area contributed by atoms with Crippen molar-refractivity contribution < 1.29 is 29.2 Å². The lowest BCUT2D eigenvalue weighted by atomic mass is 10.0. The maximum absolute atomic E-state index is 12.1. The number of methoxy groups -OCH3 is 1. The maximum atomic E-state index is 12.1. The van der Waals surface area contributed by atoms with Gasteiger partial charge in [-0.15, -0.1) is 0 Å². The van der Waals surface area contributed by atoms with E-state index in [4.69, 9.17) is 4.74 Å². The van der Waals surface area contributed by atoms with Gasteiger partial charge in [0.2, 0.25) is 5.91 Å². The first-order valence-electron chi connectivity index (χ1n) is 8.48. The Kier molecular flexibility index (Phi) is 7.24. The third kappa shape index (κ3) is 6.03. The Labute approximate surface area is 165 Å². The number of nitro groups is 1. The van der Waals surface area contributed by atoms with Crippen LogP contribution in [-0.2, 0) is 16.0 Å².